The fraction of sp³-hybridized carbons (Fsp3) is 0.538. The van der Waals surface area contributed by atoms with Gasteiger partial charge in [0.15, 0.2) is 0 Å². The Bertz CT molecular complexity index is 487. The van der Waals surface area contributed by atoms with Crippen molar-refractivity contribution >= 4 is 5.91 Å². The van der Waals surface area contributed by atoms with Gasteiger partial charge in [0.05, 0.1) is 0 Å². The number of pyridine rings is 1. The van der Waals surface area contributed by atoms with Gasteiger partial charge in [0.25, 0.3) is 11.5 Å². The number of hydrogen-bond acceptors (Lipinski definition) is 3. The highest BCUT2D eigenvalue weighted by molar-refractivity contribution is 5.95. The summed E-state index contributed by atoms with van der Waals surface area (Å²) in [5, 5.41) is 0. The summed E-state index contributed by atoms with van der Waals surface area (Å²) in [5.74, 6) is -0.148. The molecular formula is C13H19N3O2. The molecule has 1 fully saturated rings. The number of piperazine rings is 1. The number of rotatable bonds is 2. The lowest BCUT2D eigenvalue weighted by atomic mass is 10.1. The lowest BCUT2D eigenvalue weighted by molar-refractivity contribution is 0.0641. The van der Waals surface area contributed by atoms with Gasteiger partial charge in [-0.3, -0.25) is 9.59 Å². The van der Waals surface area contributed by atoms with Gasteiger partial charge in [-0.05, 0) is 25.1 Å². The Hall–Kier alpha value is -1.62. The predicted molar refractivity (Wildman–Crippen MR) is 69.8 cm³/mol. The van der Waals surface area contributed by atoms with Crippen LogP contribution >= 0.6 is 0 Å². The van der Waals surface area contributed by atoms with E-state index in [0.717, 1.165) is 25.2 Å². The Morgan fingerprint density at radius 2 is 2.00 bits per heavy atom. The highest BCUT2D eigenvalue weighted by Crippen LogP contribution is 2.08. The van der Waals surface area contributed by atoms with Gasteiger partial charge in [-0.25, -0.2) is 0 Å². The normalized spacial score (nSPS) is 16.9. The van der Waals surface area contributed by atoms with E-state index in [0.29, 0.717) is 13.1 Å². The summed E-state index contributed by atoms with van der Waals surface area (Å²) in [6.45, 7) is 8.07. The molecule has 1 aromatic heterocycles. The zero-order valence-corrected chi connectivity index (χ0v) is 10.9. The molecule has 0 saturated carbocycles. The molecule has 1 saturated heterocycles. The van der Waals surface area contributed by atoms with Gasteiger partial charge in [0, 0.05) is 32.4 Å². The highest BCUT2D eigenvalue weighted by Gasteiger charge is 2.24. The number of amides is 1. The molecule has 0 bridgehead atoms. The monoisotopic (exact) mass is 249 g/mol. The van der Waals surface area contributed by atoms with E-state index in [1.165, 1.54) is 0 Å². The molecule has 1 N–H and O–H groups in total. The first-order valence-corrected chi connectivity index (χ1v) is 6.33. The van der Waals surface area contributed by atoms with E-state index in [4.69, 9.17) is 0 Å². The van der Waals surface area contributed by atoms with Crippen molar-refractivity contribution in [3.63, 3.8) is 0 Å². The van der Waals surface area contributed by atoms with Crippen molar-refractivity contribution < 1.29 is 4.79 Å². The Labute approximate surface area is 106 Å². The first kappa shape index (κ1) is 12.8. The molecule has 1 amide bonds. The average Bonchev–Trinajstić information content (AvgIpc) is 2.38. The molecule has 5 nitrogen and oxygen atoms in total. The molecule has 1 aliphatic rings. The Morgan fingerprint density at radius 1 is 1.33 bits per heavy atom. The summed E-state index contributed by atoms with van der Waals surface area (Å²) in [5.41, 5.74) is 0.724. The van der Waals surface area contributed by atoms with E-state index in [9.17, 15) is 9.59 Å². The molecule has 0 spiro atoms. The van der Waals surface area contributed by atoms with E-state index in [1.807, 2.05) is 0 Å². The molecule has 2 heterocycles. The zero-order chi connectivity index (χ0) is 13.1. The number of likely N-dealkylation sites (N-methyl/N-ethyl adjacent to an activating group) is 1. The van der Waals surface area contributed by atoms with E-state index in [1.54, 1.807) is 24.1 Å². The molecule has 0 radical (unpaired) electrons. The van der Waals surface area contributed by atoms with Crippen LogP contribution in [0.15, 0.2) is 17.1 Å². The van der Waals surface area contributed by atoms with Gasteiger partial charge in [0.2, 0.25) is 0 Å². The number of nitrogens with zero attached hydrogens (tertiary/aromatic N) is 2. The molecule has 1 aliphatic heterocycles. The molecule has 0 unspecified atom stereocenters. The molecule has 98 valence electrons. The average molecular weight is 249 g/mol. The molecule has 1 aromatic rings. The van der Waals surface area contributed by atoms with E-state index in [2.05, 4.69) is 16.8 Å². The summed E-state index contributed by atoms with van der Waals surface area (Å²) in [4.78, 5) is 30.7. The van der Waals surface area contributed by atoms with Crippen LogP contribution in [0.25, 0.3) is 0 Å². The van der Waals surface area contributed by atoms with Crippen LogP contribution < -0.4 is 5.56 Å². The van der Waals surface area contributed by atoms with Crippen LogP contribution in [0.5, 0.6) is 0 Å². The number of aryl methyl sites for hydroxylation is 1. The van der Waals surface area contributed by atoms with Crippen LogP contribution in [-0.4, -0.2) is 53.4 Å². The van der Waals surface area contributed by atoms with Crippen molar-refractivity contribution in [1.29, 1.82) is 0 Å². The van der Waals surface area contributed by atoms with Gasteiger partial charge in [-0.2, -0.15) is 0 Å². The molecule has 2 rings (SSSR count). The summed E-state index contributed by atoms with van der Waals surface area (Å²) >= 11 is 0. The number of nitrogens with one attached hydrogen (secondary N) is 1. The summed E-state index contributed by atoms with van der Waals surface area (Å²) in [6.07, 6.45) is 1.57. The molecule has 0 aromatic carbocycles. The second-order valence-electron chi connectivity index (χ2n) is 4.59. The minimum Gasteiger partial charge on any atom is -0.336 e. The van der Waals surface area contributed by atoms with Gasteiger partial charge < -0.3 is 14.8 Å². The first-order valence-electron chi connectivity index (χ1n) is 6.33. The van der Waals surface area contributed by atoms with Crippen molar-refractivity contribution in [2.75, 3.05) is 32.7 Å². The third-order valence-corrected chi connectivity index (χ3v) is 3.49. The minimum atomic E-state index is -0.294. The number of aromatic nitrogens is 1. The highest BCUT2D eigenvalue weighted by atomic mass is 16.2. The Kier molecular flexibility index (Phi) is 3.81. The molecule has 0 atom stereocenters. The second-order valence-corrected chi connectivity index (χ2v) is 4.59. The van der Waals surface area contributed by atoms with Gasteiger partial charge >= 0.3 is 0 Å². The largest absolute Gasteiger partial charge is 0.336 e. The molecule has 0 aliphatic carbocycles. The number of aromatic amines is 1. The summed E-state index contributed by atoms with van der Waals surface area (Å²) in [7, 11) is 0. The van der Waals surface area contributed by atoms with Crippen LogP contribution in [0.1, 0.15) is 22.8 Å². The van der Waals surface area contributed by atoms with Crippen LogP contribution in [0, 0.1) is 6.92 Å². The minimum absolute atomic E-state index is 0.148. The molecular weight excluding hydrogens is 230 g/mol. The van der Waals surface area contributed by atoms with Crippen molar-refractivity contribution in [2.24, 2.45) is 0 Å². The van der Waals surface area contributed by atoms with Gasteiger partial charge in [0.1, 0.15) is 5.56 Å². The number of H-pyrrole nitrogens is 1. The summed E-state index contributed by atoms with van der Waals surface area (Å²) in [6, 6.07) is 1.76. The van der Waals surface area contributed by atoms with E-state index >= 15 is 0 Å². The van der Waals surface area contributed by atoms with Crippen LogP contribution in [0.3, 0.4) is 0 Å². The first-order chi connectivity index (χ1) is 8.63. The van der Waals surface area contributed by atoms with Crippen molar-refractivity contribution in [3.8, 4) is 0 Å². The number of carbonyl (C=O) groups excluding carboxylic acids is 1. The smallest absolute Gasteiger partial charge is 0.261 e. The maximum Gasteiger partial charge on any atom is 0.261 e. The van der Waals surface area contributed by atoms with E-state index in [-0.39, 0.29) is 17.0 Å². The topological polar surface area (TPSA) is 56.4 Å². The number of hydrogen-bond donors (Lipinski definition) is 1. The molecule has 18 heavy (non-hydrogen) atoms. The van der Waals surface area contributed by atoms with Crippen LogP contribution in [-0.2, 0) is 0 Å². The number of carbonyl (C=O) groups is 1. The van der Waals surface area contributed by atoms with E-state index < -0.39 is 0 Å². The Morgan fingerprint density at radius 3 is 2.56 bits per heavy atom. The van der Waals surface area contributed by atoms with Crippen molar-refractivity contribution in [2.45, 2.75) is 13.8 Å². The van der Waals surface area contributed by atoms with Gasteiger partial charge in [-0.1, -0.05) is 6.92 Å². The standard InChI is InChI=1S/C13H19N3O2/c1-3-15-6-8-16(9-7-15)13(18)11-10(2)4-5-14-12(11)17/h4-5H,3,6-9H2,1-2H3,(H,14,17). The van der Waals surface area contributed by atoms with Crippen LogP contribution in [0.2, 0.25) is 0 Å². The van der Waals surface area contributed by atoms with Crippen molar-refractivity contribution in [3.05, 3.63) is 33.7 Å². The predicted octanol–water partition coefficient (Wildman–Crippen LogP) is 0.461. The zero-order valence-electron chi connectivity index (χ0n) is 10.9. The fourth-order valence-corrected chi connectivity index (χ4v) is 2.27. The van der Waals surface area contributed by atoms with Crippen molar-refractivity contribution in [1.82, 2.24) is 14.8 Å². The maximum atomic E-state index is 12.3. The van der Waals surface area contributed by atoms with Crippen LogP contribution in [0.4, 0.5) is 0 Å². The lowest BCUT2D eigenvalue weighted by Crippen LogP contribution is -2.49. The quantitative estimate of drug-likeness (QED) is 0.828. The van der Waals surface area contributed by atoms with Gasteiger partial charge in [-0.15, -0.1) is 0 Å². The second kappa shape index (κ2) is 5.35. The maximum absolute atomic E-state index is 12.3. The third-order valence-electron chi connectivity index (χ3n) is 3.49. The lowest BCUT2D eigenvalue weighted by Gasteiger charge is -2.34. The third kappa shape index (κ3) is 2.46. The summed E-state index contributed by atoms with van der Waals surface area (Å²) < 4.78 is 0. The molecule has 5 heteroatoms. The Balaban J connectivity index is 2.15. The SMILES string of the molecule is CCN1CCN(C(=O)c2c(C)cc[nH]c2=O)CC1. The fourth-order valence-electron chi connectivity index (χ4n) is 2.27.